The van der Waals surface area contributed by atoms with E-state index < -0.39 is 11.6 Å². The van der Waals surface area contributed by atoms with E-state index >= 15 is 0 Å². The first-order valence-corrected chi connectivity index (χ1v) is 12.2. The zero-order chi connectivity index (χ0) is 24.7. The second-order valence-corrected chi connectivity index (χ2v) is 9.51. The second-order valence-electron chi connectivity index (χ2n) is 9.11. The minimum Gasteiger partial charge on any atom is -0.396 e. The summed E-state index contributed by atoms with van der Waals surface area (Å²) < 4.78 is 28.6. The van der Waals surface area contributed by atoms with Gasteiger partial charge >= 0.3 is 0 Å². The summed E-state index contributed by atoms with van der Waals surface area (Å²) in [5, 5.41) is 10.1. The number of aryl methyl sites for hydroxylation is 3. The second kappa shape index (κ2) is 9.55. The Hall–Kier alpha value is -3.03. The molecule has 2 aromatic heterocycles. The Morgan fingerprint density at radius 2 is 1.80 bits per heavy atom. The maximum Gasteiger partial charge on any atom is 0.226 e. The van der Waals surface area contributed by atoms with Gasteiger partial charge in [0.05, 0.1) is 22.5 Å². The SMILES string of the molecule is Cc1nc(N2CCc3c([nH]c4cc(F)c(Cl)cc34)C2c2ccc(CCCCO)cc2)nc(C)c1F. The zero-order valence-corrected chi connectivity index (χ0v) is 20.5. The number of aromatic nitrogens is 3. The number of aliphatic hydroxyl groups excluding tert-OH is 1. The molecule has 5 rings (SSSR count). The zero-order valence-electron chi connectivity index (χ0n) is 19.7. The van der Waals surface area contributed by atoms with Crippen LogP contribution in [0.5, 0.6) is 0 Å². The third kappa shape index (κ3) is 4.39. The molecule has 0 spiro atoms. The van der Waals surface area contributed by atoms with Crippen molar-refractivity contribution in [2.24, 2.45) is 0 Å². The van der Waals surface area contributed by atoms with E-state index in [1.807, 2.05) is 0 Å². The highest BCUT2D eigenvalue weighted by Crippen LogP contribution is 2.41. The van der Waals surface area contributed by atoms with Gasteiger partial charge in [-0.3, -0.25) is 0 Å². The van der Waals surface area contributed by atoms with Gasteiger partial charge < -0.3 is 15.0 Å². The van der Waals surface area contributed by atoms with Crippen molar-refractivity contribution < 1.29 is 13.9 Å². The van der Waals surface area contributed by atoms with Crippen molar-refractivity contribution in [3.8, 4) is 0 Å². The van der Waals surface area contributed by atoms with Gasteiger partial charge in [0.2, 0.25) is 5.95 Å². The van der Waals surface area contributed by atoms with Crippen LogP contribution < -0.4 is 4.90 Å². The fourth-order valence-electron chi connectivity index (χ4n) is 4.97. The fourth-order valence-corrected chi connectivity index (χ4v) is 5.13. The van der Waals surface area contributed by atoms with Crippen LogP contribution in [0.25, 0.3) is 10.9 Å². The molecule has 2 aromatic carbocycles. The number of benzene rings is 2. The number of hydrogen-bond donors (Lipinski definition) is 2. The van der Waals surface area contributed by atoms with Crippen LogP contribution in [0.1, 0.15) is 52.7 Å². The quantitative estimate of drug-likeness (QED) is 0.323. The minimum absolute atomic E-state index is 0.0960. The van der Waals surface area contributed by atoms with E-state index in [1.165, 1.54) is 11.6 Å². The minimum atomic E-state index is -0.466. The number of rotatable bonds is 6. The Balaban J connectivity index is 1.62. The summed E-state index contributed by atoms with van der Waals surface area (Å²) in [6.45, 7) is 4.10. The summed E-state index contributed by atoms with van der Waals surface area (Å²) >= 11 is 6.11. The lowest BCUT2D eigenvalue weighted by Gasteiger charge is -2.36. The molecular weight excluding hydrogens is 470 g/mol. The van der Waals surface area contributed by atoms with E-state index in [9.17, 15) is 8.78 Å². The molecule has 0 saturated heterocycles. The van der Waals surface area contributed by atoms with Crippen LogP contribution in [0.15, 0.2) is 36.4 Å². The number of anilines is 1. The van der Waals surface area contributed by atoms with Crippen LogP contribution in [0, 0.1) is 25.5 Å². The molecule has 0 saturated carbocycles. The normalized spacial score (nSPS) is 15.6. The number of fused-ring (bicyclic) bond motifs is 3. The number of hydrogen-bond acceptors (Lipinski definition) is 4. The number of nitrogens with zero attached hydrogens (tertiary/aromatic N) is 3. The predicted molar refractivity (Wildman–Crippen MR) is 134 cm³/mol. The summed E-state index contributed by atoms with van der Waals surface area (Å²) in [7, 11) is 0. The van der Waals surface area contributed by atoms with Gasteiger partial charge in [0.25, 0.3) is 0 Å². The number of halogens is 3. The smallest absolute Gasteiger partial charge is 0.226 e. The van der Waals surface area contributed by atoms with Crippen molar-refractivity contribution >= 4 is 28.5 Å². The van der Waals surface area contributed by atoms with Crippen molar-refractivity contribution in [2.45, 2.75) is 45.6 Å². The van der Waals surface area contributed by atoms with E-state index in [4.69, 9.17) is 16.7 Å². The van der Waals surface area contributed by atoms with Gasteiger partial charge in [0.15, 0.2) is 5.82 Å². The van der Waals surface area contributed by atoms with Gasteiger partial charge in [-0.1, -0.05) is 35.9 Å². The molecule has 5 nitrogen and oxygen atoms in total. The van der Waals surface area contributed by atoms with Gasteiger partial charge in [0.1, 0.15) is 5.82 Å². The molecule has 0 fully saturated rings. The molecule has 1 aliphatic heterocycles. The largest absolute Gasteiger partial charge is 0.396 e. The van der Waals surface area contributed by atoms with E-state index in [2.05, 4.69) is 44.1 Å². The molecule has 0 radical (unpaired) electrons. The maximum absolute atomic E-state index is 14.3. The summed E-state index contributed by atoms with van der Waals surface area (Å²) in [5.74, 6) is -0.399. The molecule has 35 heavy (non-hydrogen) atoms. The summed E-state index contributed by atoms with van der Waals surface area (Å²) in [6, 6.07) is 11.2. The first-order chi connectivity index (χ1) is 16.9. The predicted octanol–water partition coefficient (Wildman–Crippen LogP) is 5.97. The Morgan fingerprint density at radius 3 is 2.49 bits per heavy atom. The molecule has 0 aliphatic carbocycles. The van der Waals surface area contributed by atoms with Crippen LogP contribution >= 0.6 is 11.6 Å². The monoisotopic (exact) mass is 496 g/mol. The van der Waals surface area contributed by atoms with Crippen LogP contribution in [0.2, 0.25) is 5.02 Å². The number of nitrogens with one attached hydrogen (secondary N) is 1. The molecule has 0 bridgehead atoms. The summed E-state index contributed by atoms with van der Waals surface area (Å²) in [6.07, 6.45) is 3.28. The van der Waals surface area contributed by atoms with Gasteiger partial charge in [-0.15, -0.1) is 0 Å². The van der Waals surface area contributed by atoms with Crippen LogP contribution in [-0.4, -0.2) is 33.2 Å². The van der Waals surface area contributed by atoms with Gasteiger partial charge in [-0.2, -0.15) is 0 Å². The first-order valence-electron chi connectivity index (χ1n) is 11.8. The van der Waals surface area contributed by atoms with E-state index in [0.717, 1.165) is 41.5 Å². The van der Waals surface area contributed by atoms with Gasteiger partial charge in [-0.05, 0) is 68.4 Å². The fraction of sp³-hybridized carbons (Fsp3) is 0.333. The van der Waals surface area contributed by atoms with Crippen molar-refractivity contribution in [3.05, 3.63) is 86.8 Å². The number of aliphatic hydroxyl groups is 1. The molecule has 2 N–H and O–H groups in total. The highest BCUT2D eigenvalue weighted by atomic mass is 35.5. The summed E-state index contributed by atoms with van der Waals surface area (Å²) in [4.78, 5) is 14.5. The maximum atomic E-state index is 14.3. The molecular formula is C27H27ClF2N4O. The Morgan fingerprint density at radius 1 is 1.09 bits per heavy atom. The van der Waals surface area contributed by atoms with Crippen molar-refractivity contribution in [1.29, 1.82) is 0 Å². The highest BCUT2D eigenvalue weighted by molar-refractivity contribution is 6.31. The third-order valence-electron chi connectivity index (χ3n) is 6.76. The van der Waals surface area contributed by atoms with Crippen LogP contribution in [-0.2, 0) is 12.8 Å². The number of unbranched alkanes of at least 4 members (excludes halogenated alkanes) is 1. The molecule has 1 unspecified atom stereocenters. The van der Waals surface area contributed by atoms with Crippen molar-refractivity contribution in [2.75, 3.05) is 18.1 Å². The van der Waals surface area contributed by atoms with Crippen LogP contribution in [0.4, 0.5) is 14.7 Å². The highest BCUT2D eigenvalue weighted by Gasteiger charge is 2.34. The van der Waals surface area contributed by atoms with E-state index in [-0.39, 0.29) is 17.7 Å². The van der Waals surface area contributed by atoms with Crippen molar-refractivity contribution in [1.82, 2.24) is 15.0 Å². The average Bonchev–Trinajstić information content (AvgIpc) is 3.19. The van der Waals surface area contributed by atoms with Gasteiger partial charge in [-0.25, -0.2) is 18.7 Å². The summed E-state index contributed by atoms with van der Waals surface area (Å²) in [5.41, 5.74) is 5.55. The Kier molecular flexibility index (Phi) is 6.47. The molecule has 1 atom stereocenters. The third-order valence-corrected chi connectivity index (χ3v) is 7.05. The molecule has 182 valence electrons. The van der Waals surface area contributed by atoms with Crippen LogP contribution in [0.3, 0.4) is 0 Å². The molecule has 0 amide bonds. The molecule has 1 aliphatic rings. The Bertz CT molecular complexity index is 1360. The topological polar surface area (TPSA) is 65.0 Å². The Labute approximate surface area is 207 Å². The lowest BCUT2D eigenvalue weighted by molar-refractivity contribution is 0.284. The standard InChI is InChI=1S/C27H27ClF2N4O/c1-15-24(30)16(2)32-27(31-15)34-11-10-19-20-13-21(28)22(29)14-23(20)33-25(19)26(34)18-8-6-17(7-9-18)5-3-4-12-35/h6-9,13-14,26,33,35H,3-5,10-12H2,1-2H3. The van der Waals surface area contributed by atoms with Gasteiger partial charge in [0, 0.05) is 29.7 Å². The molecule has 4 aromatic rings. The van der Waals surface area contributed by atoms with E-state index in [1.54, 1.807) is 19.9 Å². The van der Waals surface area contributed by atoms with E-state index in [0.29, 0.717) is 35.8 Å². The van der Waals surface area contributed by atoms with Crippen molar-refractivity contribution in [3.63, 3.8) is 0 Å². The lowest BCUT2D eigenvalue weighted by atomic mass is 9.91. The first kappa shape index (κ1) is 23.7. The lowest BCUT2D eigenvalue weighted by Crippen LogP contribution is -2.37. The number of H-pyrrole nitrogens is 1. The average molecular weight is 497 g/mol. The molecule has 3 heterocycles. The number of aromatic amines is 1. The molecule has 8 heteroatoms.